The van der Waals surface area contributed by atoms with E-state index < -0.39 is 0 Å². The Balaban J connectivity index is 1.58. The van der Waals surface area contributed by atoms with Crippen molar-refractivity contribution >= 4 is 18.1 Å². The Hall–Kier alpha value is -3.20. The van der Waals surface area contributed by atoms with Crippen molar-refractivity contribution in [3.05, 3.63) is 95.8 Å². The molecule has 0 aliphatic rings. The molecule has 3 nitrogen and oxygen atoms in total. The summed E-state index contributed by atoms with van der Waals surface area (Å²) in [4.78, 5) is 15.9. The van der Waals surface area contributed by atoms with Gasteiger partial charge in [-0.05, 0) is 41.0 Å². The topological polar surface area (TPSA) is 39.2 Å². The van der Waals surface area contributed by atoms with Crippen LogP contribution in [-0.4, -0.2) is 11.0 Å². The average molecular weight is 315 g/mol. The molecule has 2 aromatic carbocycles. The summed E-state index contributed by atoms with van der Waals surface area (Å²) in [6.45, 7) is 0. The number of pyridine rings is 1. The normalized spacial score (nSPS) is 10.7. The molecule has 0 fully saturated rings. The molecule has 0 amide bonds. The van der Waals surface area contributed by atoms with Crippen molar-refractivity contribution in [1.82, 2.24) is 4.98 Å². The molecule has 0 spiro atoms. The monoisotopic (exact) mass is 315 g/mol. The fraction of sp³-hybridized carbons (Fsp3) is 0.0476. The van der Waals surface area contributed by atoms with Crippen molar-refractivity contribution in [1.29, 1.82) is 0 Å². The summed E-state index contributed by atoms with van der Waals surface area (Å²) in [7, 11) is 0. The molecule has 0 radical (unpaired) electrons. The first-order chi connectivity index (χ1) is 11.8. The number of ether oxygens (including phenoxy) is 1. The third kappa shape index (κ3) is 4.65. The largest absolute Gasteiger partial charge is 0.426 e. The summed E-state index contributed by atoms with van der Waals surface area (Å²) in [5, 5.41) is 0. The highest BCUT2D eigenvalue weighted by Crippen LogP contribution is 2.15. The van der Waals surface area contributed by atoms with Crippen LogP contribution in [0.4, 0.5) is 0 Å². The maximum atomic E-state index is 11.9. The molecule has 1 aromatic heterocycles. The highest BCUT2D eigenvalue weighted by atomic mass is 16.5. The molecule has 0 bridgehead atoms. The second-order valence-corrected chi connectivity index (χ2v) is 5.32. The van der Waals surface area contributed by atoms with Gasteiger partial charge in [0.05, 0.1) is 6.42 Å². The number of carbonyl (C=O) groups excluding carboxylic acids is 1. The fourth-order valence-electron chi connectivity index (χ4n) is 2.24. The highest BCUT2D eigenvalue weighted by Gasteiger charge is 2.05. The van der Waals surface area contributed by atoms with Crippen molar-refractivity contribution in [2.24, 2.45) is 0 Å². The first-order valence-corrected chi connectivity index (χ1v) is 7.72. The van der Waals surface area contributed by atoms with Crippen LogP contribution in [-0.2, 0) is 11.2 Å². The van der Waals surface area contributed by atoms with Crippen LogP contribution in [0.15, 0.2) is 79.1 Å². The van der Waals surface area contributed by atoms with Gasteiger partial charge in [-0.3, -0.25) is 9.78 Å². The third-order valence-electron chi connectivity index (χ3n) is 3.48. The fourth-order valence-corrected chi connectivity index (χ4v) is 2.24. The van der Waals surface area contributed by atoms with E-state index in [0.29, 0.717) is 5.75 Å². The zero-order valence-electron chi connectivity index (χ0n) is 13.1. The van der Waals surface area contributed by atoms with Gasteiger partial charge >= 0.3 is 5.97 Å². The molecule has 0 unspecified atom stereocenters. The zero-order chi connectivity index (χ0) is 16.6. The molecule has 1 heterocycles. The third-order valence-corrected chi connectivity index (χ3v) is 3.48. The summed E-state index contributed by atoms with van der Waals surface area (Å²) in [6.07, 6.45) is 7.80. The minimum Gasteiger partial charge on any atom is -0.426 e. The predicted octanol–water partition coefficient (Wildman–Crippen LogP) is 4.40. The van der Waals surface area contributed by atoms with E-state index in [1.807, 2.05) is 66.7 Å². The van der Waals surface area contributed by atoms with Gasteiger partial charge in [0, 0.05) is 12.4 Å². The van der Waals surface area contributed by atoms with Crippen LogP contribution < -0.4 is 4.74 Å². The van der Waals surface area contributed by atoms with Crippen molar-refractivity contribution in [3.63, 3.8) is 0 Å². The first-order valence-electron chi connectivity index (χ1n) is 7.72. The second kappa shape index (κ2) is 7.88. The summed E-state index contributed by atoms with van der Waals surface area (Å²) < 4.78 is 5.36. The lowest BCUT2D eigenvalue weighted by atomic mass is 10.1. The van der Waals surface area contributed by atoms with Gasteiger partial charge in [-0.15, -0.1) is 0 Å². The minimum absolute atomic E-state index is 0.263. The van der Waals surface area contributed by atoms with Gasteiger partial charge in [-0.2, -0.15) is 0 Å². The van der Waals surface area contributed by atoms with Gasteiger partial charge in [0.1, 0.15) is 5.75 Å². The van der Waals surface area contributed by atoms with Gasteiger partial charge in [0.15, 0.2) is 0 Å². The average Bonchev–Trinajstić information content (AvgIpc) is 2.63. The van der Waals surface area contributed by atoms with Crippen molar-refractivity contribution in [2.45, 2.75) is 6.42 Å². The number of esters is 1. The van der Waals surface area contributed by atoms with E-state index in [1.54, 1.807) is 24.5 Å². The van der Waals surface area contributed by atoms with Crippen molar-refractivity contribution in [2.75, 3.05) is 0 Å². The van der Waals surface area contributed by atoms with Gasteiger partial charge in [0.25, 0.3) is 0 Å². The van der Waals surface area contributed by atoms with E-state index in [-0.39, 0.29) is 12.4 Å². The summed E-state index contributed by atoms with van der Waals surface area (Å²) in [5.74, 6) is 0.290. The highest BCUT2D eigenvalue weighted by molar-refractivity contribution is 5.75. The number of benzene rings is 2. The number of nitrogens with zero attached hydrogens (tertiary/aromatic N) is 1. The molecule has 0 saturated heterocycles. The van der Waals surface area contributed by atoms with E-state index >= 15 is 0 Å². The van der Waals surface area contributed by atoms with Gasteiger partial charge in [-0.1, -0.05) is 54.6 Å². The van der Waals surface area contributed by atoms with Crippen LogP contribution in [0.3, 0.4) is 0 Å². The lowest BCUT2D eigenvalue weighted by Gasteiger charge is -2.05. The molecule has 0 aliphatic carbocycles. The Kier molecular flexibility index (Phi) is 5.15. The first kappa shape index (κ1) is 15.7. The van der Waals surface area contributed by atoms with Crippen LogP contribution >= 0.6 is 0 Å². The summed E-state index contributed by atoms with van der Waals surface area (Å²) in [5.41, 5.74) is 3.07. The Morgan fingerprint density at radius 1 is 0.833 bits per heavy atom. The molecule has 0 aliphatic heterocycles. The molecular weight excluding hydrogens is 298 g/mol. The maximum Gasteiger partial charge on any atom is 0.315 e. The van der Waals surface area contributed by atoms with Gasteiger partial charge in [0.2, 0.25) is 0 Å². The quantitative estimate of drug-likeness (QED) is 0.517. The zero-order valence-corrected chi connectivity index (χ0v) is 13.1. The van der Waals surface area contributed by atoms with Crippen LogP contribution in [0.5, 0.6) is 5.75 Å². The molecule has 24 heavy (non-hydrogen) atoms. The molecule has 0 saturated carbocycles. The summed E-state index contributed by atoms with van der Waals surface area (Å²) in [6, 6.07) is 20.9. The van der Waals surface area contributed by atoms with Crippen LogP contribution in [0.2, 0.25) is 0 Å². The molecule has 118 valence electrons. The van der Waals surface area contributed by atoms with Crippen molar-refractivity contribution in [3.8, 4) is 5.75 Å². The Morgan fingerprint density at radius 2 is 1.46 bits per heavy atom. The predicted molar refractivity (Wildman–Crippen MR) is 95.4 cm³/mol. The van der Waals surface area contributed by atoms with Gasteiger partial charge < -0.3 is 4.74 Å². The Morgan fingerprint density at radius 3 is 2.12 bits per heavy atom. The summed E-state index contributed by atoms with van der Waals surface area (Å²) >= 11 is 0. The maximum absolute atomic E-state index is 11.9. The SMILES string of the molecule is O=C(Cc1ccccc1)Oc1ccc(/C=C/c2ccncc2)cc1. The molecule has 0 N–H and O–H groups in total. The van der Waals surface area contributed by atoms with E-state index in [0.717, 1.165) is 16.7 Å². The molecule has 3 heteroatoms. The number of carbonyl (C=O) groups is 1. The number of hydrogen-bond acceptors (Lipinski definition) is 3. The van der Waals surface area contributed by atoms with E-state index in [1.165, 1.54) is 0 Å². The van der Waals surface area contributed by atoms with Crippen molar-refractivity contribution < 1.29 is 9.53 Å². The van der Waals surface area contributed by atoms with Crippen LogP contribution in [0.1, 0.15) is 16.7 Å². The number of aromatic nitrogens is 1. The standard InChI is InChI=1S/C21H17NO2/c23-21(16-19-4-2-1-3-5-19)24-20-10-8-17(9-11-20)6-7-18-12-14-22-15-13-18/h1-15H,16H2/b7-6+. The van der Waals surface area contributed by atoms with Crippen LogP contribution in [0, 0.1) is 0 Å². The molecule has 0 atom stereocenters. The van der Waals surface area contributed by atoms with E-state index in [4.69, 9.17) is 4.74 Å². The lowest BCUT2D eigenvalue weighted by Crippen LogP contribution is -2.11. The molecular formula is C21H17NO2. The smallest absolute Gasteiger partial charge is 0.315 e. The molecule has 3 rings (SSSR count). The van der Waals surface area contributed by atoms with E-state index in [9.17, 15) is 4.79 Å². The number of hydrogen-bond donors (Lipinski definition) is 0. The second-order valence-electron chi connectivity index (χ2n) is 5.32. The Bertz CT molecular complexity index is 809. The van der Waals surface area contributed by atoms with Crippen LogP contribution in [0.25, 0.3) is 12.2 Å². The Labute approximate surface area is 141 Å². The van der Waals surface area contributed by atoms with E-state index in [2.05, 4.69) is 4.98 Å². The lowest BCUT2D eigenvalue weighted by molar-refractivity contribution is -0.133. The molecule has 3 aromatic rings. The van der Waals surface area contributed by atoms with Gasteiger partial charge in [-0.25, -0.2) is 0 Å². The minimum atomic E-state index is -0.263. The number of rotatable bonds is 5.